The van der Waals surface area contributed by atoms with Crippen LogP contribution in [0.15, 0.2) is 35.3 Å². The smallest absolute Gasteiger partial charge is 0.0640 e. The normalized spacial score (nSPS) is 12.7. The summed E-state index contributed by atoms with van der Waals surface area (Å²) >= 11 is 7.63. The Bertz CT molecular complexity index is 414. The molecule has 2 N–H and O–H groups in total. The molecule has 0 saturated heterocycles. The van der Waals surface area contributed by atoms with E-state index >= 15 is 0 Å². The van der Waals surface area contributed by atoms with Crippen LogP contribution in [0.25, 0.3) is 0 Å². The van der Waals surface area contributed by atoms with Gasteiger partial charge in [-0.05, 0) is 34.0 Å². The molecule has 0 aromatic carbocycles. The topological polar surface area (TPSA) is 38.9 Å². The second-order valence-corrected chi connectivity index (χ2v) is 4.12. The molecule has 0 fully saturated rings. The molecule has 0 unspecified atom stereocenters. The van der Waals surface area contributed by atoms with Crippen molar-refractivity contribution in [1.82, 2.24) is 4.98 Å². The lowest BCUT2D eigenvalue weighted by molar-refractivity contribution is 0.873. The van der Waals surface area contributed by atoms with Gasteiger partial charge >= 0.3 is 0 Å². The average molecular weight is 225 g/mol. The van der Waals surface area contributed by atoms with Crippen LogP contribution in [0.3, 0.4) is 0 Å². The molecule has 2 rings (SSSR count). The lowest BCUT2D eigenvalue weighted by atomic mass is 10.0. The van der Waals surface area contributed by atoms with E-state index in [1.54, 1.807) is 23.7 Å². The van der Waals surface area contributed by atoms with Gasteiger partial charge in [-0.15, -0.1) is 0 Å². The van der Waals surface area contributed by atoms with Gasteiger partial charge in [-0.3, -0.25) is 4.98 Å². The zero-order valence-electron chi connectivity index (χ0n) is 7.35. The zero-order valence-corrected chi connectivity index (χ0v) is 8.92. The van der Waals surface area contributed by atoms with Crippen LogP contribution in [0.5, 0.6) is 0 Å². The minimum atomic E-state index is -0.156. The van der Waals surface area contributed by atoms with Crippen LogP contribution >= 0.6 is 22.9 Å². The number of nitrogens with two attached hydrogens (primary N) is 1. The summed E-state index contributed by atoms with van der Waals surface area (Å²) in [4.78, 5) is 3.92. The van der Waals surface area contributed by atoms with Crippen molar-refractivity contribution in [3.05, 3.63) is 51.4 Å². The Morgan fingerprint density at radius 2 is 2.29 bits per heavy atom. The van der Waals surface area contributed by atoms with E-state index in [1.165, 1.54) is 0 Å². The van der Waals surface area contributed by atoms with Crippen molar-refractivity contribution in [2.45, 2.75) is 6.04 Å². The quantitative estimate of drug-likeness (QED) is 0.852. The molecule has 0 aliphatic carbocycles. The minimum Gasteiger partial charge on any atom is -0.320 e. The van der Waals surface area contributed by atoms with Gasteiger partial charge in [-0.1, -0.05) is 11.6 Å². The number of hydrogen-bond donors (Lipinski definition) is 1. The summed E-state index contributed by atoms with van der Waals surface area (Å²) in [5.74, 6) is 0. The van der Waals surface area contributed by atoms with Crippen molar-refractivity contribution in [3.8, 4) is 0 Å². The first-order valence-corrected chi connectivity index (χ1v) is 5.48. The predicted molar refractivity (Wildman–Crippen MR) is 59.6 cm³/mol. The molecule has 4 heteroatoms. The van der Waals surface area contributed by atoms with Crippen molar-refractivity contribution in [1.29, 1.82) is 0 Å². The van der Waals surface area contributed by atoms with Crippen LogP contribution in [0.2, 0.25) is 5.02 Å². The first-order chi connectivity index (χ1) is 6.79. The van der Waals surface area contributed by atoms with Crippen LogP contribution in [-0.2, 0) is 0 Å². The third kappa shape index (κ3) is 1.80. The summed E-state index contributed by atoms with van der Waals surface area (Å²) in [5, 5.41) is 4.65. The van der Waals surface area contributed by atoms with Crippen molar-refractivity contribution in [2.75, 3.05) is 0 Å². The van der Waals surface area contributed by atoms with Gasteiger partial charge in [0.1, 0.15) is 0 Å². The van der Waals surface area contributed by atoms with E-state index in [0.717, 1.165) is 11.1 Å². The molecule has 0 spiro atoms. The summed E-state index contributed by atoms with van der Waals surface area (Å²) in [7, 11) is 0. The van der Waals surface area contributed by atoms with Crippen LogP contribution < -0.4 is 5.73 Å². The van der Waals surface area contributed by atoms with E-state index in [1.807, 2.05) is 22.9 Å². The predicted octanol–water partition coefficient (Wildman–Crippen LogP) is 2.84. The van der Waals surface area contributed by atoms with E-state index < -0.39 is 0 Å². The SMILES string of the molecule is N[C@H](c1ccsc1)c1ccncc1Cl. The standard InChI is InChI=1S/C10H9ClN2S/c11-9-5-13-3-1-8(9)10(12)7-2-4-14-6-7/h1-6,10H,12H2/t10-/m1/s1. The third-order valence-corrected chi connectivity index (χ3v) is 3.06. The molecule has 0 amide bonds. The van der Waals surface area contributed by atoms with Gasteiger partial charge in [0.05, 0.1) is 11.1 Å². The van der Waals surface area contributed by atoms with E-state index in [4.69, 9.17) is 17.3 Å². The van der Waals surface area contributed by atoms with Gasteiger partial charge in [-0.25, -0.2) is 0 Å². The highest BCUT2D eigenvalue weighted by Crippen LogP contribution is 2.26. The van der Waals surface area contributed by atoms with Crippen molar-refractivity contribution in [3.63, 3.8) is 0 Å². The van der Waals surface area contributed by atoms with Gasteiger partial charge in [0.2, 0.25) is 0 Å². The van der Waals surface area contributed by atoms with Crippen molar-refractivity contribution >= 4 is 22.9 Å². The fourth-order valence-corrected chi connectivity index (χ4v) is 2.20. The Kier molecular flexibility index (Phi) is 2.82. The highest BCUT2D eigenvalue weighted by molar-refractivity contribution is 7.08. The maximum atomic E-state index is 6.06. The summed E-state index contributed by atoms with van der Waals surface area (Å²) in [6, 6.07) is 3.70. The summed E-state index contributed by atoms with van der Waals surface area (Å²) < 4.78 is 0. The maximum Gasteiger partial charge on any atom is 0.0640 e. The van der Waals surface area contributed by atoms with E-state index in [0.29, 0.717) is 5.02 Å². The van der Waals surface area contributed by atoms with Crippen LogP contribution in [-0.4, -0.2) is 4.98 Å². The number of thiophene rings is 1. The van der Waals surface area contributed by atoms with E-state index in [-0.39, 0.29) is 6.04 Å². The number of nitrogens with zero attached hydrogens (tertiary/aromatic N) is 1. The van der Waals surface area contributed by atoms with Gasteiger partial charge in [0.25, 0.3) is 0 Å². The molecule has 2 aromatic heterocycles. The third-order valence-electron chi connectivity index (χ3n) is 2.04. The fourth-order valence-electron chi connectivity index (χ4n) is 1.27. The molecule has 72 valence electrons. The summed E-state index contributed by atoms with van der Waals surface area (Å²) in [5.41, 5.74) is 8.06. The molecule has 0 aliphatic rings. The van der Waals surface area contributed by atoms with Gasteiger partial charge < -0.3 is 5.73 Å². The molecule has 2 heterocycles. The highest BCUT2D eigenvalue weighted by atomic mass is 35.5. The van der Waals surface area contributed by atoms with Crippen molar-refractivity contribution in [2.24, 2.45) is 5.73 Å². The zero-order chi connectivity index (χ0) is 9.97. The second kappa shape index (κ2) is 4.09. The average Bonchev–Trinajstić information content (AvgIpc) is 2.70. The Morgan fingerprint density at radius 3 is 2.93 bits per heavy atom. The minimum absolute atomic E-state index is 0.156. The fraction of sp³-hybridized carbons (Fsp3) is 0.100. The van der Waals surface area contributed by atoms with Crippen LogP contribution in [0.4, 0.5) is 0 Å². The summed E-state index contributed by atoms with van der Waals surface area (Å²) in [6.45, 7) is 0. The highest BCUT2D eigenvalue weighted by Gasteiger charge is 2.11. The van der Waals surface area contributed by atoms with Crippen LogP contribution in [0.1, 0.15) is 17.2 Å². The number of hydrogen-bond acceptors (Lipinski definition) is 3. The first kappa shape index (κ1) is 9.65. The molecule has 0 aliphatic heterocycles. The Balaban J connectivity index is 2.37. The Morgan fingerprint density at radius 1 is 1.43 bits per heavy atom. The monoisotopic (exact) mass is 224 g/mol. The Labute approximate surface area is 91.4 Å². The summed E-state index contributed by atoms with van der Waals surface area (Å²) in [6.07, 6.45) is 3.32. The molecule has 1 atom stereocenters. The lowest BCUT2D eigenvalue weighted by Gasteiger charge is -2.11. The molecular formula is C10H9ClN2S. The molecule has 14 heavy (non-hydrogen) atoms. The molecular weight excluding hydrogens is 216 g/mol. The van der Waals surface area contributed by atoms with Gasteiger partial charge in [0.15, 0.2) is 0 Å². The lowest BCUT2D eigenvalue weighted by Crippen LogP contribution is -2.11. The number of rotatable bonds is 2. The van der Waals surface area contributed by atoms with E-state index in [2.05, 4.69) is 4.98 Å². The maximum absolute atomic E-state index is 6.06. The number of halogens is 1. The number of aromatic nitrogens is 1. The van der Waals surface area contributed by atoms with Crippen LogP contribution in [0, 0.1) is 0 Å². The molecule has 0 bridgehead atoms. The largest absolute Gasteiger partial charge is 0.320 e. The van der Waals surface area contributed by atoms with Gasteiger partial charge in [-0.2, -0.15) is 11.3 Å². The second-order valence-electron chi connectivity index (χ2n) is 2.93. The van der Waals surface area contributed by atoms with E-state index in [9.17, 15) is 0 Å². The molecule has 2 aromatic rings. The van der Waals surface area contributed by atoms with Crippen molar-refractivity contribution < 1.29 is 0 Å². The van der Waals surface area contributed by atoms with Gasteiger partial charge in [0, 0.05) is 12.4 Å². The molecule has 2 nitrogen and oxygen atoms in total. The molecule has 0 saturated carbocycles. The Hall–Kier alpha value is -0.900. The number of pyridine rings is 1. The first-order valence-electron chi connectivity index (χ1n) is 4.16. The molecule has 0 radical (unpaired) electrons.